The number of fused-ring (bicyclic) bond motifs is 1. The first-order valence-corrected chi connectivity index (χ1v) is 7.16. The molecule has 6 nitrogen and oxygen atoms in total. The van der Waals surface area contributed by atoms with E-state index in [4.69, 9.17) is 0 Å². The number of nitrogens with zero attached hydrogens (tertiary/aromatic N) is 4. The number of likely N-dealkylation sites (N-methyl/N-ethyl adjacent to an activating group) is 1. The number of carbonyl (C=O) groups excluding carboxylic acids is 1. The molecule has 0 bridgehead atoms. The van der Waals surface area contributed by atoms with Crippen molar-refractivity contribution in [2.24, 2.45) is 5.92 Å². The molecule has 19 heavy (non-hydrogen) atoms. The normalized spacial score (nSPS) is 26.5. The van der Waals surface area contributed by atoms with E-state index in [1.165, 1.54) is 6.42 Å². The third kappa shape index (κ3) is 2.57. The molecular weight excluding hydrogens is 310 g/mol. The molecule has 0 unspecified atom stereocenters. The van der Waals surface area contributed by atoms with E-state index >= 15 is 0 Å². The number of halogens is 1. The lowest BCUT2D eigenvalue weighted by Crippen LogP contribution is -2.37. The van der Waals surface area contributed by atoms with E-state index in [2.05, 4.69) is 43.2 Å². The molecule has 7 heteroatoms. The zero-order valence-corrected chi connectivity index (χ0v) is 12.3. The maximum absolute atomic E-state index is 12.2. The van der Waals surface area contributed by atoms with Crippen LogP contribution in [0.15, 0.2) is 17.0 Å². The maximum atomic E-state index is 12.2. The van der Waals surface area contributed by atoms with Gasteiger partial charge in [0.25, 0.3) is 0 Å². The molecule has 2 atom stereocenters. The zero-order chi connectivity index (χ0) is 13.4. The molecule has 0 radical (unpaired) electrons. The number of anilines is 1. The Bertz CT molecular complexity index is 480. The molecule has 3 rings (SSSR count). The average Bonchev–Trinajstić information content (AvgIpc) is 2.95. The van der Waals surface area contributed by atoms with Crippen LogP contribution < -0.4 is 5.32 Å². The van der Waals surface area contributed by atoms with Crippen LogP contribution in [0.2, 0.25) is 0 Å². The molecule has 0 aromatic carbocycles. The molecule has 2 saturated heterocycles. The van der Waals surface area contributed by atoms with Gasteiger partial charge in [-0.3, -0.25) is 5.32 Å². The molecule has 2 fully saturated rings. The van der Waals surface area contributed by atoms with Crippen molar-refractivity contribution in [2.45, 2.75) is 12.5 Å². The van der Waals surface area contributed by atoms with Gasteiger partial charge in [0.2, 0.25) is 0 Å². The maximum Gasteiger partial charge on any atom is 0.323 e. The minimum atomic E-state index is -0.0839. The second-order valence-corrected chi connectivity index (χ2v) is 5.97. The van der Waals surface area contributed by atoms with Gasteiger partial charge < -0.3 is 9.80 Å². The zero-order valence-electron chi connectivity index (χ0n) is 10.7. The van der Waals surface area contributed by atoms with Gasteiger partial charge in [0.15, 0.2) is 5.82 Å². The smallest absolute Gasteiger partial charge is 0.323 e. The summed E-state index contributed by atoms with van der Waals surface area (Å²) in [6.45, 7) is 2.78. The van der Waals surface area contributed by atoms with Crippen molar-refractivity contribution >= 4 is 27.8 Å². The van der Waals surface area contributed by atoms with Crippen LogP contribution >= 0.6 is 15.9 Å². The number of nitrogens with one attached hydrogen (secondary N) is 1. The Morgan fingerprint density at radius 2 is 2.26 bits per heavy atom. The van der Waals surface area contributed by atoms with Crippen molar-refractivity contribution in [1.29, 1.82) is 0 Å². The Balaban J connectivity index is 1.61. The second-order valence-electron chi connectivity index (χ2n) is 5.16. The molecule has 2 amide bonds. The van der Waals surface area contributed by atoms with Gasteiger partial charge in [-0.15, -0.1) is 0 Å². The Morgan fingerprint density at radius 3 is 2.95 bits per heavy atom. The fourth-order valence-corrected chi connectivity index (χ4v) is 3.11. The first-order valence-electron chi connectivity index (χ1n) is 6.37. The van der Waals surface area contributed by atoms with E-state index in [9.17, 15) is 4.79 Å². The molecule has 0 saturated carbocycles. The SMILES string of the molecule is CN1CC[C@@H]2CN(C(=O)Nc3cnc(Br)cn3)C[C@@H]21. The molecule has 0 aliphatic carbocycles. The molecular formula is C12H16BrN5O. The lowest BCUT2D eigenvalue weighted by molar-refractivity contribution is 0.213. The summed E-state index contributed by atoms with van der Waals surface area (Å²) in [5.74, 6) is 1.10. The van der Waals surface area contributed by atoms with Crippen molar-refractivity contribution in [3.8, 4) is 0 Å². The Morgan fingerprint density at radius 1 is 1.42 bits per heavy atom. The number of urea groups is 1. The summed E-state index contributed by atoms with van der Waals surface area (Å²) in [4.78, 5) is 24.5. The third-order valence-corrected chi connectivity index (χ3v) is 4.38. The quantitative estimate of drug-likeness (QED) is 0.848. The van der Waals surface area contributed by atoms with Crippen LogP contribution in [0.3, 0.4) is 0 Å². The van der Waals surface area contributed by atoms with E-state index in [0.29, 0.717) is 22.4 Å². The highest BCUT2D eigenvalue weighted by Crippen LogP contribution is 2.30. The van der Waals surface area contributed by atoms with Crippen LogP contribution in [-0.4, -0.2) is 58.5 Å². The van der Waals surface area contributed by atoms with E-state index in [1.807, 2.05) is 4.90 Å². The van der Waals surface area contributed by atoms with Crippen LogP contribution in [-0.2, 0) is 0 Å². The number of hydrogen-bond acceptors (Lipinski definition) is 4. The van der Waals surface area contributed by atoms with Gasteiger partial charge in [0, 0.05) is 19.1 Å². The number of likely N-dealkylation sites (tertiary alicyclic amines) is 2. The molecule has 0 spiro atoms. The largest absolute Gasteiger partial charge is 0.323 e. The fourth-order valence-electron chi connectivity index (χ4n) is 2.90. The number of amides is 2. The summed E-state index contributed by atoms with van der Waals surface area (Å²) in [5, 5.41) is 2.79. The first-order chi connectivity index (χ1) is 9.13. The highest BCUT2D eigenvalue weighted by Gasteiger charge is 2.41. The Kier molecular flexibility index (Phi) is 3.40. The summed E-state index contributed by atoms with van der Waals surface area (Å²) in [6.07, 6.45) is 4.30. The van der Waals surface area contributed by atoms with Gasteiger partial charge >= 0.3 is 6.03 Å². The predicted molar refractivity (Wildman–Crippen MR) is 74.8 cm³/mol. The molecule has 1 aromatic heterocycles. The molecule has 3 heterocycles. The highest BCUT2D eigenvalue weighted by atomic mass is 79.9. The topological polar surface area (TPSA) is 61.4 Å². The van der Waals surface area contributed by atoms with Gasteiger partial charge in [-0.05, 0) is 41.9 Å². The summed E-state index contributed by atoms with van der Waals surface area (Å²) in [7, 11) is 2.13. The van der Waals surface area contributed by atoms with Crippen molar-refractivity contribution in [2.75, 3.05) is 32.0 Å². The van der Waals surface area contributed by atoms with Gasteiger partial charge in [-0.2, -0.15) is 0 Å². The van der Waals surface area contributed by atoms with Crippen molar-refractivity contribution < 1.29 is 4.79 Å². The van der Waals surface area contributed by atoms with Crippen molar-refractivity contribution in [3.05, 3.63) is 17.0 Å². The first kappa shape index (κ1) is 12.8. The van der Waals surface area contributed by atoms with E-state index in [0.717, 1.165) is 19.6 Å². The molecule has 2 aliphatic heterocycles. The summed E-state index contributed by atoms with van der Waals surface area (Å²) in [5.41, 5.74) is 0. The van der Waals surface area contributed by atoms with Crippen molar-refractivity contribution in [3.63, 3.8) is 0 Å². The summed E-state index contributed by atoms with van der Waals surface area (Å²) < 4.78 is 0.655. The fraction of sp³-hybridized carbons (Fsp3) is 0.583. The van der Waals surface area contributed by atoms with Crippen LogP contribution in [0.4, 0.5) is 10.6 Å². The van der Waals surface area contributed by atoms with Crippen molar-refractivity contribution in [1.82, 2.24) is 19.8 Å². The van der Waals surface area contributed by atoms with Crippen LogP contribution in [0.25, 0.3) is 0 Å². The second kappa shape index (κ2) is 5.05. The summed E-state index contributed by atoms with van der Waals surface area (Å²) >= 11 is 3.21. The standard InChI is InChI=1S/C12H16BrN5O/c1-17-3-2-8-6-18(7-9(8)17)12(19)16-11-5-14-10(13)4-15-11/h4-5,8-9H,2-3,6-7H2,1H3,(H,15,16,19)/t8-,9+/m1/s1. The Labute approximate surface area is 120 Å². The van der Waals surface area contributed by atoms with Crippen LogP contribution in [0.1, 0.15) is 6.42 Å². The lowest BCUT2D eigenvalue weighted by Gasteiger charge is -2.20. The van der Waals surface area contributed by atoms with Gasteiger partial charge in [-0.1, -0.05) is 0 Å². The van der Waals surface area contributed by atoms with Crippen LogP contribution in [0, 0.1) is 5.92 Å². The number of rotatable bonds is 1. The Hall–Kier alpha value is -1.21. The van der Waals surface area contributed by atoms with Gasteiger partial charge in [0.05, 0.1) is 12.4 Å². The minimum absolute atomic E-state index is 0.0839. The predicted octanol–water partition coefficient (Wildman–Crippen LogP) is 1.41. The number of hydrogen-bond donors (Lipinski definition) is 1. The van der Waals surface area contributed by atoms with Gasteiger partial charge in [-0.25, -0.2) is 14.8 Å². The number of carbonyl (C=O) groups is 1. The van der Waals surface area contributed by atoms with Crippen LogP contribution in [0.5, 0.6) is 0 Å². The molecule has 2 aliphatic rings. The molecule has 1 aromatic rings. The molecule has 102 valence electrons. The molecule has 1 N–H and O–H groups in total. The third-order valence-electron chi connectivity index (χ3n) is 3.97. The highest BCUT2D eigenvalue weighted by molar-refractivity contribution is 9.10. The van der Waals surface area contributed by atoms with E-state index < -0.39 is 0 Å². The monoisotopic (exact) mass is 325 g/mol. The van der Waals surface area contributed by atoms with E-state index in [1.54, 1.807) is 12.4 Å². The lowest BCUT2D eigenvalue weighted by atomic mass is 10.1. The average molecular weight is 326 g/mol. The summed E-state index contributed by atoms with van der Waals surface area (Å²) in [6, 6.07) is 0.432. The van der Waals surface area contributed by atoms with Gasteiger partial charge in [0.1, 0.15) is 4.60 Å². The van der Waals surface area contributed by atoms with E-state index in [-0.39, 0.29) is 6.03 Å². The minimum Gasteiger partial charge on any atom is -0.323 e. The number of aromatic nitrogens is 2.